The van der Waals surface area contributed by atoms with Crippen molar-refractivity contribution in [1.29, 1.82) is 0 Å². The standard InChI is InChI=1S/C12H17BrN2OS/c1-15(2)12(5-3-6-12)8-14-11(16)10-9(13)4-7-17-10/h4,7H,3,5-6,8H2,1-2H3,(H,14,16). The molecule has 0 bridgehead atoms. The Kier molecular flexibility index (Phi) is 3.90. The Bertz CT molecular complexity index is 412. The summed E-state index contributed by atoms with van der Waals surface area (Å²) < 4.78 is 0.882. The van der Waals surface area contributed by atoms with Crippen LogP contribution in [0.15, 0.2) is 15.9 Å². The Morgan fingerprint density at radius 1 is 1.59 bits per heavy atom. The quantitative estimate of drug-likeness (QED) is 0.926. The van der Waals surface area contributed by atoms with Crippen molar-refractivity contribution >= 4 is 33.2 Å². The molecule has 0 aromatic carbocycles. The first-order valence-corrected chi connectivity index (χ1v) is 7.41. The molecular weight excluding hydrogens is 300 g/mol. The zero-order chi connectivity index (χ0) is 12.5. The van der Waals surface area contributed by atoms with Gasteiger partial charge < -0.3 is 10.2 Å². The molecule has 5 heteroatoms. The van der Waals surface area contributed by atoms with Crippen molar-refractivity contribution in [3.8, 4) is 0 Å². The van der Waals surface area contributed by atoms with Crippen molar-refractivity contribution < 1.29 is 4.79 Å². The molecule has 0 saturated heterocycles. The number of carbonyl (C=O) groups is 1. The first-order valence-electron chi connectivity index (χ1n) is 5.74. The lowest BCUT2D eigenvalue weighted by Gasteiger charge is -2.47. The van der Waals surface area contributed by atoms with E-state index in [1.165, 1.54) is 30.6 Å². The molecule has 1 aliphatic rings. The van der Waals surface area contributed by atoms with Crippen LogP contribution < -0.4 is 5.32 Å². The van der Waals surface area contributed by atoms with E-state index in [2.05, 4.69) is 40.2 Å². The molecule has 1 aromatic heterocycles. The summed E-state index contributed by atoms with van der Waals surface area (Å²) in [5, 5.41) is 4.97. The van der Waals surface area contributed by atoms with Crippen LogP contribution in [0.3, 0.4) is 0 Å². The zero-order valence-corrected chi connectivity index (χ0v) is 12.5. The fourth-order valence-corrected chi connectivity index (χ4v) is 3.62. The number of halogens is 1. The van der Waals surface area contributed by atoms with Gasteiger partial charge >= 0.3 is 0 Å². The summed E-state index contributed by atoms with van der Waals surface area (Å²) in [4.78, 5) is 15.0. The van der Waals surface area contributed by atoms with E-state index in [0.29, 0.717) is 0 Å². The SMILES string of the molecule is CN(C)C1(CNC(=O)c2sccc2Br)CCC1. The second-order valence-electron chi connectivity index (χ2n) is 4.75. The van der Waals surface area contributed by atoms with Crippen molar-refractivity contribution in [2.75, 3.05) is 20.6 Å². The van der Waals surface area contributed by atoms with Crippen LogP contribution in [0.25, 0.3) is 0 Å². The maximum atomic E-state index is 12.0. The Hall–Kier alpha value is -0.390. The molecule has 0 spiro atoms. The molecule has 1 aliphatic carbocycles. The van der Waals surface area contributed by atoms with Gasteiger partial charge in [0, 0.05) is 16.6 Å². The summed E-state index contributed by atoms with van der Waals surface area (Å²) in [5.74, 6) is 0.0278. The van der Waals surface area contributed by atoms with Gasteiger partial charge in [-0.3, -0.25) is 4.79 Å². The maximum absolute atomic E-state index is 12.0. The average Bonchev–Trinajstić information content (AvgIpc) is 2.62. The van der Waals surface area contributed by atoms with Gasteiger partial charge in [-0.25, -0.2) is 0 Å². The highest BCUT2D eigenvalue weighted by Gasteiger charge is 2.39. The van der Waals surface area contributed by atoms with Crippen LogP contribution in [0.5, 0.6) is 0 Å². The van der Waals surface area contributed by atoms with Crippen LogP contribution >= 0.6 is 27.3 Å². The van der Waals surface area contributed by atoms with Crippen molar-refractivity contribution in [2.45, 2.75) is 24.8 Å². The molecule has 3 nitrogen and oxygen atoms in total. The molecule has 0 aliphatic heterocycles. The summed E-state index contributed by atoms with van der Waals surface area (Å²) in [6, 6.07) is 1.91. The Morgan fingerprint density at radius 2 is 2.29 bits per heavy atom. The van der Waals surface area contributed by atoms with Gasteiger partial charge in [-0.05, 0) is 60.7 Å². The van der Waals surface area contributed by atoms with Gasteiger partial charge in [0.05, 0.1) is 0 Å². The van der Waals surface area contributed by atoms with Crippen LogP contribution in [0, 0.1) is 0 Å². The molecule has 0 atom stereocenters. The van der Waals surface area contributed by atoms with E-state index in [4.69, 9.17) is 0 Å². The lowest BCUT2D eigenvalue weighted by molar-refractivity contribution is 0.0558. The largest absolute Gasteiger partial charge is 0.349 e. The third kappa shape index (κ3) is 2.56. The highest BCUT2D eigenvalue weighted by atomic mass is 79.9. The number of carbonyl (C=O) groups excluding carboxylic acids is 1. The minimum Gasteiger partial charge on any atom is -0.349 e. The number of amides is 1. The first kappa shape index (κ1) is 13.1. The van der Waals surface area contributed by atoms with Gasteiger partial charge in [0.1, 0.15) is 4.88 Å². The normalized spacial score (nSPS) is 17.9. The van der Waals surface area contributed by atoms with E-state index in [-0.39, 0.29) is 11.4 Å². The summed E-state index contributed by atoms with van der Waals surface area (Å²) in [6.07, 6.45) is 3.61. The highest BCUT2D eigenvalue weighted by Crippen LogP contribution is 2.35. The van der Waals surface area contributed by atoms with E-state index in [1.54, 1.807) is 0 Å². The van der Waals surface area contributed by atoms with Crippen molar-refractivity contribution in [2.24, 2.45) is 0 Å². The molecule has 1 amide bonds. The number of rotatable bonds is 4. The van der Waals surface area contributed by atoms with E-state index >= 15 is 0 Å². The smallest absolute Gasteiger partial charge is 0.262 e. The number of thiophene rings is 1. The van der Waals surface area contributed by atoms with E-state index < -0.39 is 0 Å². The molecule has 1 heterocycles. The van der Waals surface area contributed by atoms with Crippen molar-refractivity contribution in [3.05, 3.63) is 20.8 Å². The Balaban J connectivity index is 1.94. The van der Waals surface area contributed by atoms with E-state index in [1.807, 2.05) is 11.4 Å². The number of nitrogens with one attached hydrogen (secondary N) is 1. The van der Waals surface area contributed by atoms with Gasteiger partial charge in [0.25, 0.3) is 5.91 Å². The van der Waals surface area contributed by atoms with Crippen LogP contribution in [0.1, 0.15) is 28.9 Å². The molecule has 94 valence electrons. The van der Waals surface area contributed by atoms with E-state index in [9.17, 15) is 4.79 Å². The molecule has 1 N–H and O–H groups in total. The van der Waals surface area contributed by atoms with E-state index in [0.717, 1.165) is 15.9 Å². The molecule has 0 unspecified atom stereocenters. The summed E-state index contributed by atoms with van der Waals surface area (Å²) in [6.45, 7) is 0.739. The van der Waals surface area contributed by atoms with Crippen LogP contribution in [-0.2, 0) is 0 Å². The second kappa shape index (κ2) is 5.08. The second-order valence-corrected chi connectivity index (χ2v) is 6.52. The molecule has 17 heavy (non-hydrogen) atoms. The average molecular weight is 317 g/mol. The zero-order valence-electron chi connectivity index (χ0n) is 10.1. The van der Waals surface area contributed by atoms with Crippen molar-refractivity contribution in [3.63, 3.8) is 0 Å². The summed E-state index contributed by atoms with van der Waals surface area (Å²) in [5.41, 5.74) is 0.180. The predicted octanol–water partition coefficient (Wildman–Crippen LogP) is 2.72. The van der Waals surface area contributed by atoms with Gasteiger partial charge in [-0.1, -0.05) is 0 Å². The molecule has 1 aromatic rings. The first-order chi connectivity index (χ1) is 8.05. The Morgan fingerprint density at radius 3 is 2.71 bits per heavy atom. The lowest BCUT2D eigenvalue weighted by atomic mass is 9.75. The number of hydrogen-bond donors (Lipinski definition) is 1. The summed E-state index contributed by atoms with van der Waals surface area (Å²) >= 11 is 4.86. The topological polar surface area (TPSA) is 32.3 Å². The lowest BCUT2D eigenvalue weighted by Crippen LogP contribution is -2.57. The summed E-state index contributed by atoms with van der Waals surface area (Å²) in [7, 11) is 4.18. The van der Waals surface area contributed by atoms with Gasteiger partial charge in [0.2, 0.25) is 0 Å². The number of likely N-dealkylation sites (N-methyl/N-ethyl adjacent to an activating group) is 1. The van der Waals surface area contributed by atoms with Crippen LogP contribution in [0.2, 0.25) is 0 Å². The third-order valence-electron chi connectivity index (χ3n) is 3.63. The molecular formula is C12H17BrN2OS. The van der Waals surface area contributed by atoms with Crippen molar-refractivity contribution in [1.82, 2.24) is 10.2 Å². The van der Waals surface area contributed by atoms with Crippen LogP contribution in [0.4, 0.5) is 0 Å². The molecule has 1 fully saturated rings. The number of hydrogen-bond acceptors (Lipinski definition) is 3. The minimum absolute atomic E-state index is 0.0278. The fraction of sp³-hybridized carbons (Fsp3) is 0.583. The van der Waals surface area contributed by atoms with Crippen LogP contribution in [-0.4, -0.2) is 37.0 Å². The molecule has 0 radical (unpaired) electrons. The molecule has 1 saturated carbocycles. The monoisotopic (exact) mass is 316 g/mol. The van der Waals surface area contributed by atoms with Gasteiger partial charge in [0.15, 0.2) is 0 Å². The van der Waals surface area contributed by atoms with Gasteiger partial charge in [-0.15, -0.1) is 11.3 Å². The predicted molar refractivity (Wildman–Crippen MR) is 74.6 cm³/mol. The highest BCUT2D eigenvalue weighted by molar-refractivity contribution is 9.10. The fourth-order valence-electron chi connectivity index (χ4n) is 2.15. The minimum atomic E-state index is 0.0278. The third-order valence-corrected chi connectivity index (χ3v) is 5.47. The molecule has 2 rings (SSSR count). The van der Waals surface area contributed by atoms with Gasteiger partial charge in [-0.2, -0.15) is 0 Å². The number of nitrogens with zero attached hydrogens (tertiary/aromatic N) is 1. The Labute approximate surface area is 114 Å². The maximum Gasteiger partial charge on any atom is 0.262 e.